The molecule has 0 heterocycles. The van der Waals surface area contributed by atoms with E-state index in [0.29, 0.717) is 24.9 Å². The van der Waals surface area contributed by atoms with E-state index in [9.17, 15) is 31.1 Å². The molecule has 0 aromatic heterocycles. The van der Waals surface area contributed by atoms with Gasteiger partial charge in [0, 0.05) is 19.2 Å². The number of ether oxygens (including phenoxy) is 1. The van der Waals surface area contributed by atoms with E-state index in [1.54, 1.807) is 6.08 Å². The number of carbonyl (C=O) groups excluding carboxylic acids is 1. The van der Waals surface area contributed by atoms with E-state index in [-0.39, 0.29) is 24.1 Å². The smallest absolute Gasteiger partial charge is 0.377 e. The predicted octanol–water partition coefficient (Wildman–Crippen LogP) is 7.47. The van der Waals surface area contributed by atoms with Gasteiger partial charge in [-0.3, -0.25) is 4.79 Å². The van der Waals surface area contributed by atoms with Crippen molar-refractivity contribution in [2.45, 2.75) is 71.8 Å². The molecule has 0 spiro atoms. The van der Waals surface area contributed by atoms with Crippen LogP contribution >= 0.6 is 0 Å². The summed E-state index contributed by atoms with van der Waals surface area (Å²) >= 11 is 0. The van der Waals surface area contributed by atoms with Gasteiger partial charge in [-0.1, -0.05) is 44.9 Å². The zero-order valence-corrected chi connectivity index (χ0v) is 19.8. The number of carbonyl (C=O) groups is 1. The summed E-state index contributed by atoms with van der Waals surface area (Å²) in [4.78, 5) is 11.7. The van der Waals surface area contributed by atoms with Crippen LogP contribution in [0.5, 0.6) is 0 Å². The van der Waals surface area contributed by atoms with Crippen LogP contribution in [0.4, 0.5) is 26.3 Å². The molecule has 0 saturated carbocycles. The normalized spacial score (nSPS) is 13.2. The Balaban J connectivity index is 2.30. The molecule has 1 N–H and O–H groups in total. The van der Waals surface area contributed by atoms with Crippen molar-refractivity contribution in [1.29, 1.82) is 0 Å². The molecule has 34 heavy (non-hydrogen) atoms. The molecule has 0 unspecified atom stereocenters. The van der Waals surface area contributed by atoms with Crippen molar-refractivity contribution in [1.82, 2.24) is 5.32 Å². The van der Waals surface area contributed by atoms with Crippen molar-refractivity contribution >= 4 is 5.91 Å². The number of unbranched alkanes of at least 4 members (excludes halogenated alkanes) is 4. The van der Waals surface area contributed by atoms with Gasteiger partial charge in [-0.05, 0) is 55.4 Å². The van der Waals surface area contributed by atoms with Gasteiger partial charge >= 0.3 is 12.4 Å². The number of alkyl halides is 6. The molecule has 1 rings (SSSR count). The fraction of sp³-hybridized carbons (Fsp3) is 0.560. The Bertz CT molecular complexity index is 826. The number of allylic oxidation sites excluding steroid dienone is 3. The van der Waals surface area contributed by atoms with Crippen molar-refractivity contribution < 1.29 is 35.9 Å². The van der Waals surface area contributed by atoms with Crippen LogP contribution in [0.1, 0.15) is 69.6 Å². The highest BCUT2D eigenvalue weighted by molar-refractivity contribution is 5.88. The maximum absolute atomic E-state index is 13.1. The third-order valence-electron chi connectivity index (χ3n) is 4.83. The Morgan fingerprint density at radius 1 is 1.03 bits per heavy atom. The number of nitrogens with one attached hydrogen (secondary N) is 1. The van der Waals surface area contributed by atoms with E-state index in [2.05, 4.69) is 5.32 Å². The molecule has 0 fully saturated rings. The first-order chi connectivity index (χ1) is 15.8. The van der Waals surface area contributed by atoms with Crippen LogP contribution in [0.3, 0.4) is 0 Å². The third kappa shape index (κ3) is 12.3. The number of hydrogen-bond acceptors (Lipinski definition) is 2. The minimum absolute atomic E-state index is 0.116. The first kappa shape index (κ1) is 29.7. The monoisotopic (exact) mass is 493 g/mol. The highest BCUT2D eigenvalue weighted by Crippen LogP contribution is 2.37. The van der Waals surface area contributed by atoms with Crippen molar-refractivity contribution in [2.24, 2.45) is 5.92 Å². The summed E-state index contributed by atoms with van der Waals surface area (Å²) in [5.74, 6) is 0.273. The highest BCUT2D eigenvalue weighted by atomic mass is 19.4. The summed E-state index contributed by atoms with van der Waals surface area (Å²) in [6.07, 6.45) is -0.191. The van der Waals surface area contributed by atoms with Crippen LogP contribution in [0.15, 0.2) is 42.0 Å². The number of benzene rings is 1. The number of amides is 1. The Labute approximate surface area is 197 Å². The minimum atomic E-state index is -4.89. The zero-order valence-electron chi connectivity index (χ0n) is 19.8. The zero-order chi connectivity index (χ0) is 25.8. The van der Waals surface area contributed by atoms with Crippen molar-refractivity contribution in [3.63, 3.8) is 0 Å². The van der Waals surface area contributed by atoms with Gasteiger partial charge in [0.25, 0.3) is 0 Å². The molecule has 0 radical (unpaired) electrons. The topological polar surface area (TPSA) is 38.3 Å². The van der Waals surface area contributed by atoms with E-state index in [0.717, 1.165) is 37.3 Å². The maximum atomic E-state index is 13.1. The predicted molar refractivity (Wildman–Crippen MR) is 120 cm³/mol. The van der Waals surface area contributed by atoms with Crippen molar-refractivity contribution in [3.8, 4) is 0 Å². The summed E-state index contributed by atoms with van der Waals surface area (Å²) in [7, 11) is 0. The van der Waals surface area contributed by atoms with E-state index in [1.807, 2.05) is 32.9 Å². The van der Waals surface area contributed by atoms with Gasteiger partial charge in [0.15, 0.2) is 0 Å². The summed E-state index contributed by atoms with van der Waals surface area (Å²) in [6, 6.07) is 1.58. The molecule has 1 aromatic rings. The Morgan fingerprint density at radius 2 is 1.71 bits per heavy atom. The van der Waals surface area contributed by atoms with Crippen molar-refractivity contribution in [3.05, 3.63) is 58.7 Å². The molecule has 0 aliphatic heterocycles. The standard InChI is InChI=1S/C25H33F6NO2/c1-18(2)16-32-23(33)14-19(3)10-8-6-4-5-7-9-13-34-17-20-11-12-21(24(26,27)28)15-22(20)25(29,30)31/h8,10-12,14-15,18H,4-7,9,13,16-17H2,1-3H3,(H,32,33). The van der Waals surface area contributed by atoms with E-state index in [1.165, 1.54) is 0 Å². The van der Waals surface area contributed by atoms with E-state index < -0.39 is 30.1 Å². The number of hydrogen-bond donors (Lipinski definition) is 1. The fourth-order valence-electron chi connectivity index (χ4n) is 3.02. The second kappa shape index (κ2) is 14.2. The highest BCUT2D eigenvalue weighted by Gasteiger charge is 2.38. The lowest BCUT2D eigenvalue weighted by molar-refractivity contribution is -0.143. The second-order valence-corrected chi connectivity index (χ2v) is 8.55. The molecule has 1 amide bonds. The molecule has 0 bridgehead atoms. The summed E-state index contributed by atoms with van der Waals surface area (Å²) in [5.41, 5.74) is -2.11. The van der Waals surface area contributed by atoms with Crippen LogP contribution in [-0.2, 0) is 28.5 Å². The molecule has 0 aliphatic rings. The van der Waals surface area contributed by atoms with Gasteiger partial charge in [0.05, 0.1) is 17.7 Å². The lowest BCUT2D eigenvalue weighted by Crippen LogP contribution is -2.25. The van der Waals surface area contributed by atoms with Gasteiger partial charge in [0.1, 0.15) is 0 Å². The molecule has 3 nitrogen and oxygen atoms in total. The van der Waals surface area contributed by atoms with Crippen molar-refractivity contribution in [2.75, 3.05) is 13.2 Å². The summed E-state index contributed by atoms with van der Waals surface area (Å²) in [6.45, 7) is 6.35. The molecular weight excluding hydrogens is 460 g/mol. The van der Waals surface area contributed by atoms with E-state index >= 15 is 0 Å². The summed E-state index contributed by atoms with van der Waals surface area (Å²) in [5, 5.41) is 2.82. The van der Waals surface area contributed by atoms with Crippen LogP contribution < -0.4 is 5.32 Å². The Kier molecular flexibility index (Phi) is 12.4. The first-order valence-electron chi connectivity index (χ1n) is 11.3. The fourth-order valence-corrected chi connectivity index (χ4v) is 3.02. The third-order valence-corrected chi connectivity index (χ3v) is 4.83. The molecule has 0 atom stereocenters. The Morgan fingerprint density at radius 3 is 2.32 bits per heavy atom. The lowest BCUT2D eigenvalue weighted by Gasteiger charge is -2.16. The second-order valence-electron chi connectivity index (χ2n) is 8.55. The van der Waals surface area contributed by atoms with Crippen LogP contribution in [0.2, 0.25) is 0 Å². The quantitative estimate of drug-likeness (QED) is 0.134. The van der Waals surface area contributed by atoms with Gasteiger partial charge in [-0.25, -0.2) is 0 Å². The van der Waals surface area contributed by atoms with Crippen LogP contribution in [-0.4, -0.2) is 19.1 Å². The SMILES string of the molecule is CC(C=CCCCCCCOCc1ccc(C(F)(F)F)cc1C(F)(F)F)=CC(=O)NCC(C)C. The molecular formula is C25H33F6NO2. The van der Waals surface area contributed by atoms with Gasteiger partial charge in [-0.2, -0.15) is 26.3 Å². The molecule has 9 heteroatoms. The molecule has 0 saturated heterocycles. The van der Waals surface area contributed by atoms with E-state index in [4.69, 9.17) is 4.74 Å². The maximum Gasteiger partial charge on any atom is 0.416 e. The first-order valence-corrected chi connectivity index (χ1v) is 11.3. The molecule has 0 aliphatic carbocycles. The summed E-state index contributed by atoms with van der Waals surface area (Å²) < 4.78 is 82.8. The van der Waals surface area contributed by atoms with Gasteiger partial charge < -0.3 is 10.1 Å². The minimum Gasteiger partial charge on any atom is -0.377 e. The molecule has 1 aromatic carbocycles. The van der Waals surface area contributed by atoms with Gasteiger partial charge in [-0.15, -0.1) is 0 Å². The lowest BCUT2D eigenvalue weighted by atomic mass is 10.0. The molecule has 192 valence electrons. The van der Waals surface area contributed by atoms with Gasteiger partial charge in [0.2, 0.25) is 5.91 Å². The van der Waals surface area contributed by atoms with Crippen LogP contribution in [0.25, 0.3) is 0 Å². The Hall–Kier alpha value is -2.29. The number of halogens is 6. The number of rotatable bonds is 13. The average molecular weight is 494 g/mol. The largest absolute Gasteiger partial charge is 0.416 e. The average Bonchev–Trinajstić information content (AvgIpc) is 2.72. The van der Waals surface area contributed by atoms with Crippen LogP contribution in [0, 0.1) is 5.92 Å².